The second-order valence-electron chi connectivity index (χ2n) is 7.42. The number of fused-ring (bicyclic) bond motifs is 1. The molecule has 27 heavy (non-hydrogen) atoms. The Kier molecular flexibility index (Phi) is 5.38. The molecule has 9 nitrogen and oxygen atoms in total. The van der Waals surface area contributed by atoms with Crippen molar-refractivity contribution in [1.29, 1.82) is 0 Å². The highest BCUT2D eigenvalue weighted by Crippen LogP contribution is 2.21. The second kappa shape index (κ2) is 7.43. The van der Waals surface area contributed by atoms with Gasteiger partial charge in [-0.25, -0.2) is 12.7 Å². The third-order valence-corrected chi connectivity index (χ3v) is 6.51. The van der Waals surface area contributed by atoms with Crippen LogP contribution in [0.25, 0.3) is 11.0 Å². The van der Waals surface area contributed by atoms with E-state index < -0.39 is 10.0 Å². The van der Waals surface area contributed by atoms with Gasteiger partial charge in [0.1, 0.15) is 11.0 Å². The number of likely N-dealkylation sites (tertiary alicyclic amines) is 1. The van der Waals surface area contributed by atoms with Crippen LogP contribution < -0.4 is 4.84 Å². The molecule has 2 aromatic rings. The molecular weight excluding hydrogens is 370 g/mol. The Morgan fingerprint density at radius 2 is 1.93 bits per heavy atom. The molecule has 0 bridgehead atoms. The Balaban J connectivity index is 1.76. The molecule has 0 N–H and O–H groups in total. The first-order valence-electron chi connectivity index (χ1n) is 8.87. The van der Waals surface area contributed by atoms with Crippen LogP contribution in [0.1, 0.15) is 20.3 Å². The van der Waals surface area contributed by atoms with Gasteiger partial charge in [-0.2, -0.15) is 0 Å². The van der Waals surface area contributed by atoms with Gasteiger partial charge in [-0.1, -0.05) is 18.7 Å². The number of rotatable bonds is 5. The van der Waals surface area contributed by atoms with Crippen molar-refractivity contribution >= 4 is 27.0 Å². The number of carbonyl (C=O) groups excluding carboxylic acids is 1. The first-order valence-corrected chi connectivity index (χ1v) is 10.3. The number of carbonyl (C=O) groups is 1. The monoisotopic (exact) mass is 395 g/mol. The first kappa shape index (κ1) is 19.6. The summed E-state index contributed by atoms with van der Waals surface area (Å²) in [6.45, 7) is 5.52. The summed E-state index contributed by atoms with van der Waals surface area (Å²) in [5.74, 6) is 0.807. The number of amides is 1. The lowest BCUT2D eigenvalue weighted by Crippen LogP contribution is -2.45. The SMILES string of the molecule is CC1CC(C)CN(C(=O)COn2nnc3ccc(S(=O)(=O)N(C)C)cc32)C1. The first-order chi connectivity index (χ1) is 12.7. The molecule has 2 atom stereocenters. The average Bonchev–Trinajstić information content (AvgIpc) is 3.01. The topological polar surface area (TPSA) is 97.6 Å². The van der Waals surface area contributed by atoms with E-state index in [0.29, 0.717) is 22.9 Å². The van der Waals surface area contributed by atoms with Crippen LogP contribution in [-0.4, -0.2) is 72.5 Å². The van der Waals surface area contributed by atoms with Crippen LogP contribution in [0.4, 0.5) is 0 Å². The molecule has 148 valence electrons. The minimum atomic E-state index is -3.59. The van der Waals surface area contributed by atoms with Gasteiger partial charge in [0.05, 0.1) is 4.90 Å². The Morgan fingerprint density at radius 1 is 1.26 bits per heavy atom. The summed E-state index contributed by atoms with van der Waals surface area (Å²) in [4.78, 5) is 21.0. The van der Waals surface area contributed by atoms with Gasteiger partial charge in [0.15, 0.2) is 6.61 Å². The van der Waals surface area contributed by atoms with Gasteiger partial charge < -0.3 is 9.74 Å². The maximum atomic E-state index is 12.5. The molecule has 0 saturated carbocycles. The number of sulfonamides is 1. The van der Waals surface area contributed by atoms with Crippen LogP contribution in [0.15, 0.2) is 23.1 Å². The zero-order valence-corrected chi connectivity index (χ0v) is 16.8. The molecule has 2 unspecified atom stereocenters. The van der Waals surface area contributed by atoms with E-state index in [4.69, 9.17) is 4.84 Å². The summed E-state index contributed by atoms with van der Waals surface area (Å²) < 4.78 is 25.8. The van der Waals surface area contributed by atoms with Crippen LogP contribution in [0.3, 0.4) is 0 Å². The van der Waals surface area contributed by atoms with E-state index in [2.05, 4.69) is 24.2 Å². The molecule has 1 amide bonds. The average molecular weight is 395 g/mol. The lowest BCUT2D eigenvalue weighted by atomic mass is 9.92. The molecule has 0 spiro atoms. The molecular formula is C17H25N5O4S. The highest BCUT2D eigenvalue weighted by atomic mass is 32.2. The maximum absolute atomic E-state index is 12.5. The summed E-state index contributed by atoms with van der Waals surface area (Å²) in [5.41, 5.74) is 0.881. The van der Waals surface area contributed by atoms with Crippen molar-refractivity contribution in [3.05, 3.63) is 18.2 Å². The van der Waals surface area contributed by atoms with E-state index in [1.807, 2.05) is 0 Å². The summed E-state index contributed by atoms with van der Waals surface area (Å²) in [6.07, 6.45) is 1.11. The van der Waals surface area contributed by atoms with Crippen LogP contribution in [0.2, 0.25) is 0 Å². The zero-order chi connectivity index (χ0) is 19.8. The largest absolute Gasteiger partial charge is 0.385 e. The molecule has 1 saturated heterocycles. The zero-order valence-electron chi connectivity index (χ0n) is 16.0. The summed E-state index contributed by atoms with van der Waals surface area (Å²) in [5, 5.41) is 7.83. The highest BCUT2D eigenvalue weighted by Gasteiger charge is 2.26. The molecule has 0 radical (unpaired) electrons. The molecule has 10 heteroatoms. The van der Waals surface area contributed by atoms with Crippen LogP contribution in [0.5, 0.6) is 0 Å². The molecule has 1 aliphatic rings. The number of hydrogen-bond acceptors (Lipinski definition) is 6. The fourth-order valence-corrected chi connectivity index (χ4v) is 4.34. The number of hydrogen-bond donors (Lipinski definition) is 0. The number of nitrogens with zero attached hydrogens (tertiary/aromatic N) is 5. The van der Waals surface area contributed by atoms with Crippen LogP contribution in [-0.2, 0) is 14.8 Å². The van der Waals surface area contributed by atoms with Crippen molar-refractivity contribution in [3.63, 3.8) is 0 Å². The van der Waals surface area contributed by atoms with Gasteiger partial charge >= 0.3 is 0 Å². The number of benzene rings is 1. The molecule has 3 rings (SSSR count). The van der Waals surface area contributed by atoms with E-state index in [9.17, 15) is 13.2 Å². The van der Waals surface area contributed by atoms with Crippen molar-refractivity contribution in [2.75, 3.05) is 33.8 Å². The van der Waals surface area contributed by atoms with Crippen molar-refractivity contribution in [2.24, 2.45) is 11.8 Å². The summed E-state index contributed by atoms with van der Waals surface area (Å²) in [6, 6.07) is 4.48. The minimum Gasteiger partial charge on any atom is -0.385 e. The minimum absolute atomic E-state index is 0.108. The van der Waals surface area contributed by atoms with Gasteiger partial charge in [-0.05, 0) is 41.7 Å². The molecule has 1 fully saturated rings. The number of piperidine rings is 1. The Labute approximate surface area is 158 Å². The lowest BCUT2D eigenvalue weighted by Gasteiger charge is -2.34. The van der Waals surface area contributed by atoms with E-state index in [1.54, 1.807) is 11.0 Å². The highest BCUT2D eigenvalue weighted by molar-refractivity contribution is 7.89. The molecule has 1 aromatic heterocycles. The normalized spacial score (nSPS) is 21.0. The van der Waals surface area contributed by atoms with Crippen molar-refractivity contribution in [3.8, 4) is 0 Å². The maximum Gasteiger partial charge on any atom is 0.263 e. The van der Waals surface area contributed by atoms with Gasteiger partial charge in [0.2, 0.25) is 10.0 Å². The molecule has 1 aromatic carbocycles. The molecule has 2 heterocycles. The molecule has 0 aliphatic carbocycles. The fraction of sp³-hybridized carbons (Fsp3) is 0.588. The number of aromatic nitrogens is 3. The standard InChI is InChI=1S/C17H25N5O4S/c1-12-7-13(2)10-21(9-12)17(23)11-26-22-16-8-14(27(24,25)20(3)4)5-6-15(16)18-19-22/h5-6,8,12-13H,7,9-11H2,1-4H3. The second-order valence-corrected chi connectivity index (χ2v) is 9.57. The predicted molar refractivity (Wildman–Crippen MR) is 99.4 cm³/mol. The smallest absolute Gasteiger partial charge is 0.263 e. The van der Waals surface area contributed by atoms with Gasteiger partial charge in [0, 0.05) is 27.2 Å². The quantitative estimate of drug-likeness (QED) is 0.736. The predicted octanol–water partition coefficient (Wildman–Crippen LogP) is 0.615. The van der Waals surface area contributed by atoms with Crippen molar-refractivity contribution in [2.45, 2.75) is 25.2 Å². The van der Waals surface area contributed by atoms with E-state index in [0.717, 1.165) is 28.7 Å². The van der Waals surface area contributed by atoms with Gasteiger partial charge in [-0.3, -0.25) is 4.79 Å². The van der Waals surface area contributed by atoms with E-state index in [1.165, 1.54) is 26.2 Å². The van der Waals surface area contributed by atoms with Crippen molar-refractivity contribution in [1.82, 2.24) is 24.4 Å². The summed E-state index contributed by atoms with van der Waals surface area (Å²) >= 11 is 0. The Bertz CT molecular complexity index is 930. The van der Waals surface area contributed by atoms with E-state index in [-0.39, 0.29) is 17.4 Å². The van der Waals surface area contributed by atoms with Crippen LogP contribution >= 0.6 is 0 Å². The third kappa shape index (κ3) is 4.06. The Hall–Kier alpha value is -2.20. The lowest BCUT2D eigenvalue weighted by molar-refractivity contribution is -0.139. The fourth-order valence-electron chi connectivity index (χ4n) is 3.42. The van der Waals surface area contributed by atoms with Crippen molar-refractivity contribution < 1.29 is 18.0 Å². The Morgan fingerprint density at radius 3 is 2.56 bits per heavy atom. The van der Waals surface area contributed by atoms with Gasteiger partial charge in [0.25, 0.3) is 5.91 Å². The molecule has 1 aliphatic heterocycles. The third-order valence-electron chi connectivity index (χ3n) is 4.70. The van der Waals surface area contributed by atoms with Gasteiger partial charge in [-0.15, -0.1) is 5.10 Å². The van der Waals surface area contributed by atoms with Crippen LogP contribution in [0, 0.1) is 11.8 Å². The summed E-state index contributed by atoms with van der Waals surface area (Å²) in [7, 11) is -0.664. The van der Waals surface area contributed by atoms with E-state index >= 15 is 0 Å².